The predicted molar refractivity (Wildman–Crippen MR) is 118 cm³/mol. The van der Waals surface area contributed by atoms with Gasteiger partial charge in [-0.1, -0.05) is 39.3 Å². The van der Waals surface area contributed by atoms with Crippen LogP contribution in [0, 0.1) is 0 Å². The largest absolute Gasteiger partial charge is 0.385 e. The molecule has 4 nitrogen and oxygen atoms in total. The average Bonchev–Trinajstić information content (AvgIpc) is 3.15. The Hall–Kier alpha value is -1.21. The Morgan fingerprint density at radius 1 is 1.14 bits per heavy atom. The molecule has 3 rings (SSSR count). The van der Waals surface area contributed by atoms with Crippen molar-refractivity contribution >= 4 is 38.6 Å². The van der Waals surface area contributed by atoms with Crippen LogP contribution in [0.25, 0.3) is 0 Å². The lowest BCUT2D eigenvalue weighted by Gasteiger charge is -2.20. The zero-order valence-corrected chi connectivity index (χ0v) is 19.5. The highest BCUT2D eigenvalue weighted by atomic mass is 35.5. The van der Waals surface area contributed by atoms with Gasteiger partial charge in [-0.05, 0) is 70.5 Å². The Balaban J connectivity index is 1.84. The summed E-state index contributed by atoms with van der Waals surface area (Å²) in [6.07, 6.45) is 1.36. The van der Waals surface area contributed by atoms with E-state index in [9.17, 15) is 18.3 Å². The minimum absolute atomic E-state index is 0.0690. The topological polar surface area (TPSA) is 71.4 Å². The van der Waals surface area contributed by atoms with Gasteiger partial charge in [0.15, 0.2) is 15.6 Å². The maximum atomic E-state index is 12.8. The summed E-state index contributed by atoms with van der Waals surface area (Å²) in [5.74, 6) is -0.533. The van der Waals surface area contributed by atoms with Crippen LogP contribution in [0.3, 0.4) is 0 Å². The van der Waals surface area contributed by atoms with E-state index in [4.69, 9.17) is 11.6 Å². The zero-order chi connectivity index (χ0) is 21.6. The molecule has 7 heteroatoms. The van der Waals surface area contributed by atoms with Gasteiger partial charge >= 0.3 is 0 Å². The molecular weight excluding hydrogens is 428 g/mol. The van der Waals surface area contributed by atoms with Gasteiger partial charge in [0.1, 0.15) is 9.96 Å². The Bertz CT molecular complexity index is 1000. The third kappa shape index (κ3) is 4.93. The number of ketones is 1. The number of thiophene rings is 1. The van der Waals surface area contributed by atoms with E-state index >= 15 is 0 Å². The Morgan fingerprint density at radius 2 is 1.69 bits per heavy atom. The molecule has 0 bridgehead atoms. The van der Waals surface area contributed by atoms with Crippen molar-refractivity contribution < 1.29 is 18.3 Å². The number of sulfone groups is 1. The fourth-order valence-electron chi connectivity index (χ4n) is 3.58. The molecular formula is C22H27ClO4S2. The highest BCUT2D eigenvalue weighted by Gasteiger charge is 2.43. The van der Waals surface area contributed by atoms with Crippen LogP contribution in [0.1, 0.15) is 74.6 Å². The summed E-state index contributed by atoms with van der Waals surface area (Å²) >= 11 is 7.35. The number of hydrogen-bond acceptors (Lipinski definition) is 5. The highest BCUT2D eigenvalue weighted by molar-refractivity contribution is 7.94. The number of carbonyl (C=O) groups is 1. The standard InChI is InChI=1S/C22H27ClO4S2/c1-13(2)18-8-16(23)9-19(14(3)4)20(18)10-17(24)12-29(26,27)21-7-15(11-28-21)22(25)5-6-22/h7-9,11,13-14,25H,5-6,10,12H2,1-4H3. The van der Waals surface area contributed by atoms with Gasteiger partial charge in [-0.25, -0.2) is 8.42 Å². The molecule has 1 aliphatic rings. The van der Waals surface area contributed by atoms with Gasteiger partial charge in [0.2, 0.25) is 0 Å². The summed E-state index contributed by atoms with van der Waals surface area (Å²) in [4.78, 5) is 12.8. The third-order valence-electron chi connectivity index (χ3n) is 5.40. The first kappa shape index (κ1) is 22.5. The number of carbonyl (C=O) groups excluding carboxylic acids is 1. The second kappa shape index (κ2) is 8.14. The summed E-state index contributed by atoms with van der Waals surface area (Å²) in [5, 5.41) is 12.5. The summed E-state index contributed by atoms with van der Waals surface area (Å²) in [5.41, 5.74) is 2.62. The number of aliphatic hydroxyl groups is 1. The van der Waals surface area contributed by atoms with E-state index in [0.717, 1.165) is 28.0 Å². The predicted octanol–water partition coefficient (Wildman–Crippen LogP) is 5.22. The van der Waals surface area contributed by atoms with Crippen LogP contribution in [0.5, 0.6) is 0 Å². The van der Waals surface area contributed by atoms with E-state index in [1.54, 1.807) is 5.38 Å². The molecule has 158 valence electrons. The number of rotatable bonds is 8. The van der Waals surface area contributed by atoms with Crippen LogP contribution in [-0.2, 0) is 26.7 Å². The third-order valence-corrected chi connectivity index (χ3v) is 8.82. The molecule has 1 aromatic heterocycles. The Labute approximate surface area is 181 Å². The molecule has 0 spiro atoms. The first-order chi connectivity index (χ1) is 13.4. The van der Waals surface area contributed by atoms with Gasteiger partial charge in [0.05, 0.1) is 5.60 Å². The summed E-state index contributed by atoms with van der Waals surface area (Å²) < 4.78 is 25.7. The number of hydrogen-bond donors (Lipinski definition) is 1. The minimum atomic E-state index is -3.73. The van der Waals surface area contributed by atoms with Gasteiger partial charge in [0, 0.05) is 11.4 Å². The van der Waals surface area contributed by atoms with Crippen LogP contribution in [0.2, 0.25) is 5.02 Å². The smallest absolute Gasteiger partial charge is 0.194 e. The van der Waals surface area contributed by atoms with Crippen LogP contribution in [0.15, 0.2) is 27.8 Å². The lowest BCUT2D eigenvalue weighted by molar-refractivity contribution is -0.116. The van der Waals surface area contributed by atoms with Crippen LogP contribution in [0.4, 0.5) is 0 Å². The van der Waals surface area contributed by atoms with Gasteiger partial charge in [-0.3, -0.25) is 4.79 Å². The van der Waals surface area contributed by atoms with Crippen molar-refractivity contribution in [2.75, 3.05) is 5.75 Å². The van der Waals surface area contributed by atoms with Gasteiger partial charge < -0.3 is 5.11 Å². The molecule has 0 saturated heterocycles. The van der Waals surface area contributed by atoms with Crippen molar-refractivity contribution in [2.45, 2.75) is 68.6 Å². The molecule has 2 aromatic rings. The summed E-state index contributed by atoms with van der Waals surface area (Å²) in [7, 11) is -3.73. The SMILES string of the molecule is CC(C)c1cc(Cl)cc(C(C)C)c1CC(=O)CS(=O)(=O)c1cc(C2(O)CC2)cs1. The van der Waals surface area contributed by atoms with E-state index in [1.807, 2.05) is 39.8 Å². The Morgan fingerprint density at radius 3 is 2.17 bits per heavy atom. The molecule has 1 saturated carbocycles. The normalized spacial score (nSPS) is 15.9. The minimum Gasteiger partial charge on any atom is -0.385 e. The first-order valence-electron chi connectivity index (χ1n) is 9.81. The fraction of sp³-hybridized carbons (Fsp3) is 0.500. The molecule has 0 radical (unpaired) electrons. The average molecular weight is 455 g/mol. The molecule has 0 aliphatic heterocycles. The molecule has 1 N–H and O–H groups in total. The van der Waals surface area contributed by atoms with Gasteiger partial charge in [-0.15, -0.1) is 11.3 Å². The molecule has 0 amide bonds. The van der Waals surface area contributed by atoms with Crippen LogP contribution >= 0.6 is 22.9 Å². The zero-order valence-electron chi connectivity index (χ0n) is 17.2. The van der Waals surface area contributed by atoms with E-state index < -0.39 is 21.2 Å². The second-order valence-corrected chi connectivity index (χ2v) is 12.1. The fourth-order valence-corrected chi connectivity index (χ4v) is 6.42. The first-order valence-corrected chi connectivity index (χ1v) is 12.7. The summed E-state index contributed by atoms with van der Waals surface area (Å²) in [6, 6.07) is 5.26. The number of benzene rings is 1. The maximum Gasteiger partial charge on any atom is 0.194 e. The van der Waals surface area contributed by atoms with Crippen LogP contribution in [-0.4, -0.2) is 25.1 Å². The van der Waals surface area contributed by atoms with Crippen molar-refractivity contribution in [3.63, 3.8) is 0 Å². The number of halogens is 1. The lowest BCUT2D eigenvalue weighted by atomic mass is 9.86. The van der Waals surface area contributed by atoms with E-state index in [2.05, 4.69) is 0 Å². The molecule has 1 aliphatic carbocycles. The molecule has 1 heterocycles. The quantitative estimate of drug-likeness (QED) is 0.593. The Kier molecular flexibility index (Phi) is 6.31. The van der Waals surface area contributed by atoms with Crippen LogP contribution < -0.4 is 0 Å². The molecule has 29 heavy (non-hydrogen) atoms. The van der Waals surface area contributed by atoms with E-state index in [1.165, 1.54) is 6.07 Å². The number of Topliss-reactive ketones (excluding diaryl/α,β-unsaturated/α-hetero) is 1. The summed E-state index contributed by atoms with van der Waals surface area (Å²) in [6.45, 7) is 8.15. The van der Waals surface area contributed by atoms with E-state index in [-0.39, 0.29) is 28.2 Å². The highest BCUT2D eigenvalue weighted by Crippen LogP contribution is 2.47. The second-order valence-electron chi connectivity index (χ2n) is 8.53. The van der Waals surface area contributed by atoms with Crippen molar-refractivity contribution in [3.05, 3.63) is 50.9 Å². The van der Waals surface area contributed by atoms with Crippen molar-refractivity contribution in [3.8, 4) is 0 Å². The van der Waals surface area contributed by atoms with Crippen molar-refractivity contribution in [1.29, 1.82) is 0 Å². The maximum absolute atomic E-state index is 12.8. The molecule has 1 aromatic carbocycles. The monoisotopic (exact) mass is 454 g/mol. The lowest BCUT2D eigenvalue weighted by Crippen LogP contribution is -2.19. The van der Waals surface area contributed by atoms with Gasteiger partial charge in [0.25, 0.3) is 0 Å². The molecule has 0 unspecified atom stereocenters. The van der Waals surface area contributed by atoms with E-state index in [0.29, 0.717) is 23.4 Å². The van der Waals surface area contributed by atoms with Crippen molar-refractivity contribution in [1.82, 2.24) is 0 Å². The van der Waals surface area contributed by atoms with Crippen molar-refractivity contribution in [2.24, 2.45) is 0 Å². The molecule has 1 fully saturated rings. The molecule has 0 atom stereocenters. The van der Waals surface area contributed by atoms with Gasteiger partial charge in [-0.2, -0.15) is 0 Å².